The molecule has 0 spiro atoms. The molecule has 0 radical (unpaired) electrons. The van der Waals surface area contributed by atoms with E-state index in [-0.39, 0.29) is 11.3 Å². The van der Waals surface area contributed by atoms with Crippen LogP contribution in [0.2, 0.25) is 0 Å². The van der Waals surface area contributed by atoms with E-state index >= 15 is 0 Å². The number of rotatable bonds is 7. The molecule has 8 heteroatoms. The van der Waals surface area contributed by atoms with E-state index in [1.165, 1.54) is 0 Å². The molecule has 0 saturated carbocycles. The summed E-state index contributed by atoms with van der Waals surface area (Å²) in [6.07, 6.45) is 0.965. The molecule has 0 aliphatic carbocycles. The summed E-state index contributed by atoms with van der Waals surface area (Å²) < 4.78 is 18.8. The van der Waals surface area contributed by atoms with Crippen molar-refractivity contribution in [2.75, 3.05) is 39.9 Å². The van der Waals surface area contributed by atoms with Crippen LogP contribution in [0.1, 0.15) is 16.8 Å². The smallest absolute Gasteiger partial charge is 0.272 e. The van der Waals surface area contributed by atoms with Crippen molar-refractivity contribution in [2.24, 2.45) is 5.92 Å². The van der Waals surface area contributed by atoms with Gasteiger partial charge in [0.15, 0.2) is 0 Å². The number of benzene rings is 1. The maximum atomic E-state index is 13.8. The van der Waals surface area contributed by atoms with Gasteiger partial charge in [-0.15, -0.1) is 0 Å². The molecule has 7 nitrogen and oxygen atoms in total. The Morgan fingerprint density at radius 3 is 3.00 bits per heavy atom. The lowest BCUT2D eigenvalue weighted by molar-refractivity contribution is -0.385. The average Bonchev–Trinajstić information content (AvgIpc) is 2.98. The van der Waals surface area contributed by atoms with Crippen molar-refractivity contribution in [1.29, 1.82) is 0 Å². The highest BCUT2D eigenvalue weighted by Gasteiger charge is 2.23. The SMILES string of the molecule is COCCN1CC[C@@H](CNC(=O)c2ccc([N+](=O)[O-])cc2F)C1. The summed E-state index contributed by atoms with van der Waals surface area (Å²) >= 11 is 0. The minimum absolute atomic E-state index is 0.176. The molecule has 1 saturated heterocycles. The van der Waals surface area contributed by atoms with E-state index in [1.54, 1.807) is 7.11 Å². The Labute approximate surface area is 133 Å². The molecule has 23 heavy (non-hydrogen) atoms. The van der Waals surface area contributed by atoms with Crippen LogP contribution < -0.4 is 5.32 Å². The predicted octanol–water partition coefficient (Wildman–Crippen LogP) is 1.43. The van der Waals surface area contributed by atoms with Crippen molar-refractivity contribution in [3.63, 3.8) is 0 Å². The second-order valence-corrected chi connectivity index (χ2v) is 5.58. The molecule has 126 valence electrons. The lowest BCUT2D eigenvalue weighted by Gasteiger charge is -2.15. The monoisotopic (exact) mass is 325 g/mol. The number of carbonyl (C=O) groups excluding carboxylic acids is 1. The van der Waals surface area contributed by atoms with Gasteiger partial charge < -0.3 is 15.0 Å². The van der Waals surface area contributed by atoms with Crippen LogP contribution in [-0.2, 0) is 4.74 Å². The number of nitrogens with one attached hydrogen (secondary N) is 1. The number of amides is 1. The largest absolute Gasteiger partial charge is 0.383 e. The van der Waals surface area contributed by atoms with E-state index in [4.69, 9.17) is 4.74 Å². The molecule has 1 aliphatic heterocycles. The molecule has 1 N–H and O–H groups in total. The van der Waals surface area contributed by atoms with Crippen molar-refractivity contribution >= 4 is 11.6 Å². The number of methoxy groups -OCH3 is 1. The Morgan fingerprint density at radius 2 is 2.35 bits per heavy atom. The van der Waals surface area contributed by atoms with Gasteiger partial charge in [-0.1, -0.05) is 0 Å². The summed E-state index contributed by atoms with van der Waals surface area (Å²) in [7, 11) is 1.66. The fraction of sp³-hybridized carbons (Fsp3) is 0.533. The van der Waals surface area contributed by atoms with Crippen LogP contribution in [0.25, 0.3) is 0 Å². The second-order valence-electron chi connectivity index (χ2n) is 5.58. The molecule has 1 aromatic rings. The van der Waals surface area contributed by atoms with Crippen molar-refractivity contribution in [3.8, 4) is 0 Å². The van der Waals surface area contributed by atoms with E-state index in [0.29, 0.717) is 19.1 Å². The first-order valence-electron chi connectivity index (χ1n) is 7.44. The van der Waals surface area contributed by atoms with Crippen molar-refractivity contribution < 1.29 is 18.8 Å². The first-order valence-corrected chi connectivity index (χ1v) is 7.44. The number of hydrogen-bond acceptors (Lipinski definition) is 5. The molecule has 0 unspecified atom stereocenters. The van der Waals surface area contributed by atoms with E-state index in [0.717, 1.165) is 44.3 Å². The van der Waals surface area contributed by atoms with E-state index in [1.807, 2.05) is 0 Å². The predicted molar refractivity (Wildman–Crippen MR) is 81.8 cm³/mol. The summed E-state index contributed by atoms with van der Waals surface area (Å²) in [4.78, 5) is 24.1. The molecule has 1 amide bonds. The van der Waals surface area contributed by atoms with Gasteiger partial charge in [-0.05, 0) is 24.9 Å². The highest BCUT2D eigenvalue weighted by Crippen LogP contribution is 2.18. The zero-order valence-electron chi connectivity index (χ0n) is 13.0. The zero-order chi connectivity index (χ0) is 16.8. The van der Waals surface area contributed by atoms with Crippen molar-refractivity contribution in [2.45, 2.75) is 6.42 Å². The summed E-state index contributed by atoms with van der Waals surface area (Å²) in [5.74, 6) is -1.12. The fourth-order valence-electron chi connectivity index (χ4n) is 2.64. The van der Waals surface area contributed by atoms with E-state index < -0.39 is 16.6 Å². The molecule has 1 heterocycles. The number of halogens is 1. The number of nitro benzene ring substituents is 1. The first-order chi connectivity index (χ1) is 11.0. The standard InChI is InChI=1S/C15H20FN3O4/c1-23-7-6-18-5-4-11(10-18)9-17-15(20)13-3-2-12(19(21)22)8-14(13)16/h2-3,8,11H,4-7,9-10H2,1H3,(H,17,20)/t11-/m0/s1. The second kappa shape index (κ2) is 7.98. The summed E-state index contributed by atoms with van der Waals surface area (Å²) in [5.41, 5.74) is -0.548. The molecular weight excluding hydrogens is 305 g/mol. The van der Waals surface area contributed by atoms with Gasteiger partial charge in [-0.2, -0.15) is 0 Å². The minimum Gasteiger partial charge on any atom is -0.383 e. The van der Waals surface area contributed by atoms with E-state index in [2.05, 4.69) is 10.2 Å². The fourth-order valence-corrected chi connectivity index (χ4v) is 2.64. The molecule has 0 bridgehead atoms. The highest BCUT2D eigenvalue weighted by atomic mass is 19.1. The number of likely N-dealkylation sites (tertiary alicyclic amines) is 1. The number of non-ortho nitro benzene ring substituents is 1. The van der Waals surface area contributed by atoms with Gasteiger partial charge in [0.2, 0.25) is 0 Å². The Bertz CT molecular complexity index is 582. The van der Waals surface area contributed by atoms with E-state index in [9.17, 15) is 19.3 Å². The van der Waals surface area contributed by atoms with Gasteiger partial charge in [-0.25, -0.2) is 4.39 Å². The molecule has 1 aliphatic rings. The number of nitrogens with zero attached hydrogens (tertiary/aromatic N) is 2. The van der Waals surface area contributed by atoms with Gasteiger partial charge in [0.25, 0.3) is 11.6 Å². The Kier molecular flexibility index (Phi) is 6.00. The van der Waals surface area contributed by atoms with Crippen LogP contribution in [0.3, 0.4) is 0 Å². The van der Waals surface area contributed by atoms with Crippen LogP contribution in [0, 0.1) is 21.8 Å². The van der Waals surface area contributed by atoms with Crippen molar-refractivity contribution in [3.05, 3.63) is 39.7 Å². The number of ether oxygens (including phenoxy) is 1. The molecular formula is C15H20FN3O4. The van der Waals surface area contributed by atoms with Crippen molar-refractivity contribution in [1.82, 2.24) is 10.2 Å². The van der Waals surface area contributed by atoms with Gasteiger partial charge >= 0.3 is 0 Å². The number of nitro groups is 1. The molecule has 0 aromatic heterocycles. The summed E-state index contributed by atoms with van der Waals surface area (Å²) in [6, 6.07) is 3.03. The molecule has 1 aromatic carbocycles. The minimum atomic E-state index is -0.884. The van der Waals surface area contributed by atoms with Crippen LogP contribution in [0.4, 0.5) is 10.1 Å². The zero-order valence-corrected chi connectivity index (χ0v) is 13.0. The number of hydrogen-bond donors (Lipinski definition) is 1. The Hall–Kier alpha value is -2.06. The van der Waals surface area contributed by atoms with Gasteiger partial charge in [0, 0.05) is 32.8 Å². The Balaban J connectivity index is 1.85. The highest BCUT2D eigenvalue weighted by molar-refractivity contribution is 5.94. The normalized spacial score (nSPS) is 18.1. The maximum absolute atomic E-state index is 13.8. The molecule has 2 rings (SSSR count). The van der Waals surface area contributed by atoms with Gasteiger partial charge in [-0.3, -0.25) is 14.9 Å². The topological polar surface area (TPSA) is 84.7 Å². The van der Waals surface area contributed by atoms with Crippen LogP contribution >= 0.6 is 0 Å². The van der Waals surface area contributed by atoms with Crippen LogP contribution in [0.5, 0.6) is 0 Å². The maximum Gasteiger partial charge on any atom is 0.272 e. The summed E-state index contributed by atoms with van der Waals surface area (Å²) in [5, 5.41) is 13.3. The first kappa shape index (κ1) is 17.3. The molecule has 1 atom stereocenters. The van der Waals surface area contributed by atoms with Gasteiger partial charge in [0.05, 0.1) is 23.2 Å². The van der Waals surface area contributed by atoms with Crippen LogP contribution in [-0.4, -0.2) is 55.6 Å². The Morgan fingerprint density at radius 1 is 1.57 bits per heavy atom. The third-order valence-electron chi connectivity index (χ3n) is 3.94. The van der Waals surface area contributed by atoms with Gasteiger partial charge in [0.1, 0.15) is 5.82 Å². The quantitative estimate of drug-likeness (QED) is 0.605. The molecule has 1 fully saturated rings. The van der Waals surface area contributed by atoms with Crippen LogP contribution in [0.15, 0.2) is 18.2 Å². The lowest BCUT2D eigenvalue weighted by atomic mass is 10.1. The average molecular weight is 325 g/mol. The lowest BCUT2D eigenvalue weighted by Crippen LogP contribution is -2.32. The third-order valence-corrected chi connectivity index (χ3v) is 3.94. The number of carbonyl (C=O) groups is 1. The summed E-state index contributed by atoms with van der Waals surface area (Å²) in [6.45, 7) is 3.81. The third kappa shape index (κ3) is 4.70.